The van der Waals surface area contributed by atoms with E-state index in [2.05, 4.69) is 5.32 Å². The van der Waals surface area contributed by atoms with E-state index in [1.807, 2.05) is 24.3 Å². The van der Waals surface area contributed by atoms with Gasteiger partial charge in [0.15, 0.2) is 0 Å². The Morgan fingerprint density at radius 2 is 2.06 bits per heavy atom. The van der Waals surface area contributed by atoms with E-state index in [0.717, 1.165) is 17.7 Å². The Balaban J connectivity index is 2.41. The Hall–Kier alpha value is -1.55. The number of amides is 1. The predicted molar refractivity (Wildman–Crippen MR) is 63.4 cm³/mol. The highest BCUT2D eigenvalue weighted by Gasteiger charge is 2.00. The lowest BCUT2D eigenvalue weighted by Gasteiger charge is -2.05. The maximum Gasteiger partial charge on any atom is 0.220 e. The summed E-state index contributed by atoms with van der Waals surface area (Å²) in [5, 5.41) is 2.60. The molecule has 0 unspecified atom stereocenters. The number of aryl methyl sites for hydroxylation is 1. The quantitative estimate of drug-likeness (QED) is 0.744. The van der Waals surface area contributed by atoms with Gasteiger partial charge >= 0.3 is 0 Å². The molecule has 0 saturated heterocycles. The summed E-state index contributed by atoms with van der Waals surface area (Å²) >= 11 is 0. The van der Waals surface area contributed by atoms with Gasteiger partial charge in [0.2, 0.25) is 5.91 Å². The smallest absolute Gasteiger partial charge is 0.220 e. The van der Waals surface area contributed by atoms with E-state index in [1.165, 1.54) is 0 Å². The van der Waals surface area contributed by atoms with Crippen LogP contribution in [0.1, 0.15) is 12.0 Å². The maximum atomic E-state index is 11.0. The third-order valence-corrected chi connectivity index (χ3v) is 2.23. The molecule has 88 valence electrons. The molecule has 0 saturated carbocycles. The largest absolute Gasteiger partial charge is 0.492 e. The van der Waals surface area contributed by atoms with Crippen LogP contribution in [-0.4, -0.2) is 26.1 Å². The van der Waals surface area contributed by atoms with Crippen LogP contribution in [0.15, 0.2) is 24.3 Å². The molecule has 0 aliphatic heterocycles. The van der Waals surface area contributed by atoms with Crippen molar-refractivity contribution >= 4 is 5.91 Å². The molecule has 1 aromatic rings. The van der Waals surface area contributed by atoms with Gasteiger partial charge in [0, 0.05) is 20.0 Å². The summed E-state index contributed by atoms with van der Waals surface area (Å²) in [7, 11) is 1.64. The zero-order valence-electron chi connectivity index (χ0n) is 9.53. The molecule has 1 aromatic carbocycles. The summed E-state index contributed by atoms with van der Waals surface area (Å²) in [5.74, 6) is 0.873. The Morgan fingerprint density at radius 3 is 2.62 bits per heavy atom. The van der Waals surface area contributed by atoms with Crippen LogP contribution in [0, 0.1) is 0 Å². The second kappa shape index (κ2) is 6.85. The van der Waals surface area contributed by atoms with Gasteiger partial charge in [0.25, 0.3) is 0 Å². The van der Waals surface area contributed by atoms with E-state index in [1.54, 1.807) is 7.05 Å². The highest BCUT2D eigenvalue weighted by atomic mass is 16.5. The number of nitrogens with one attached hydrogen (secondary N) is 1. The van der Waals surface area contributed by atoms with Crippen LogP contribution in [0.25, 0.3) is 0 Å². The van der Waals surface area contributed by atoms with Gasteiger partial charge in [-0.2, -0.15) is 0 Å². The number of ether oxygens (including phenoxy) is 1. The second-order valence-corrected chi connectivity index (χ2v) is 3.45. The molecule has 0 bridgehead atoms. The van der Waals surface area contributed by atoms with Gasteiger partial charge in [0.05, 0.1) is 0 Å². The minimum atomic E-state index is 0.0588. The van der Waals surface area contributed by atoms with E-state index in [4.69, 9.17) is 10.5 Å². The van der Waals surface area contributed by atoms with Gasteiger partial charge in [-0.15, -0.1) is 0 Å². The Bertz CT molecular complexity index is 322. The summed E-state index contributed by atoms with van der Waals surface area (Å²) < 4.78 is 5.35. The molecule has 4 heteroatoms. The summed E-state index contributed by atoms with van der Waals surface area (Å²) in [5.41, 5.74) is 6.46. The Labute approximate surface area is 95.8 Å². The zero-order valence-corrected chi connectivity index (χ0v) is 9.53. The first-order chi connectivity index (χ1) is 7.76. The Kier molecular flexibility index (Phi) is 5.36. The van der Waals surface area contributed by atoms with Gasteiger partial charge in [0.1, 0.15) is 12.4 Å². The molecule has 1 rings (SSSR count). The molecule has 3 N–H and O–H groups in total. The first-order valence-corrected chi connectivity index (χ1v) is 5.38. The summed E-state index contributed by atoms with van der Waals surface area (Å²) in [6.07, 6.45) is 1.26. The number of nitrogens with two attached hydrogens (primary N) is 1. The molecule has 16 heavy (non-hydrogen) atoms. The first kappa shape index (κ1) is 12.5. The molecular formula is C12H18N2O2. The van der Waals surface area contributed by atoms with E-state index < -0.39 is 0 Å². The third-order valence-electron chi connectivity index (χ3n) is 2.23. The molecule has 0 spiro atoms. The molecule has 0 atom stereocenters. The number of carbonyl (C=O) groups is 1. The monoisotopic (exact) mass is 222 g/mol. The van der Waals surface area contributed by atoms with Crippen molar-refractivity contribution in [1.82, 2.24) is 5.32 Å². The van der Waals surface area contributed by atoms with Crippen LogP contribution < -0.4 is 15.8 Å². The average molecular weight is 222 g/mol. The summed E-state index contributed by atoms with van der Waals surface area (Å²) in [6, 6.07) is 7.73. The number of benzene rings is 1. The number of rotatable bonds is 6. The molecule has 0 heterocycles. The van der Waals surface area contributed by atoms with Crippen molar-refractivity contribution < 1.29 is 9.53 Å². The molecule has 0 aliphatic rings. The van der Waals surface area contributed by atoms with Crippen molar-refractivity contribution in [3.8, 4) is 5.75 Å². The SMILES string of the molecule is CNC(=O)CCc1ccc(OCCN)cc1. The number of hydrogen-bond acceptors (Lipinski definition) is 3. The van der Waals surface area contributed by atoms with Crippen LogP contribution in [0.2, 0.25) is 0 Å². The van der Waals surface area contributed by atoms with E-state index in [-0.39, 0.29) is 5.91 Å². The van der Waals surface area contributed by atoms with Crippen LogP contribution in [0.4, 0.5) is 0 Å². The number of hydrogen-bond donors (Lipinski definition) is 2. The van der Waals surface area contributed by atoms with Crippen LogP contribution >= 0.6 is 0 Å². The van der Waals surface area contributed by atoms with Crippen molar-refractivity contribution in [3.63, 3.8) is 0 Å². The van der Waals surface area contributed by atoms with E-state index >= 15 is 0 Å². The fourth-order valence-electron chi connectivity index (χ4n) is 1.31. The topological polar surface area (TPSA) is 64.3 Å². The minimum Gasteiger partial charge on any atom is -0.492 e. The molecular weight excluding hydrogens is 204 g/mol. The second-order valence-electron chi connectivity index (χ2n) is 3.45. The normalized spacial score (nSPS) is 9.88. The maximum absolute atomic E-state index is 11.0. The molecule has 1 amide bonds. The third kappa shape index (κ3) is 4.31. The van der Waals surface area contributed by atoms with Gasteiger partial charge < -0.3 is 15.8 Å². The standard InChI is InChI=1S/C12H18N2O2/c1-14-12(15)7-4-10-2-5-11(6-3-10)16-9-8-13/h2-3,5-6H,4,7-9,13H2,1H3,(H,14,15). The Morgan fingerprint density at radius 1 is 1.38 bits per heavy atom. The van der Waals surface area contributed by atoms with Crippen LogP contribution in [-0.2, 0) is 11.2 Å². The van der Waals surface area contributed by atoms with Crippen molar-refractivity contribution in [1.29, 1.82) is 0 Å². The van der Waals surface area contributed by atoms with Gasteiger partial charge in [-0.3, -0.25) is 4.79 Å². The first-order valence-electron chi connectivity index (χ1n) is 5.38. The van der Waals surface area contributed by atoms with E-state index in [0.29, 0.717) is 19.6 Å². The molecule has 0 fully saturated rings. The fourth-order valence-corrected chi connectivity index (χ4v) is 1.31. The lowest BCUT2D eigenvalue weighted by atomic mass is 10.1. The van der Waals surface area contributed by atoms with E-state index in [9.17, 15) is 4.79 Å². The molecule has 0 aromatic heterocycles. The van der Waals surface area contributed by atoms with Crippen LogP contribution in [0.5, 0.6) is 5.75 Å². The van der Waals surface area contributed by atoms with Gasteiger partial charge in [-0.05, 0) is 24.1 Å². The summed E-state index contributed by atoms with van der Waals surface area (Å²) in [4.78, 5) is 11.0. The summed E-state index contributed by atoms with van der Waals surface area (Å²) in [6.45, 7) is 1.04. The highest BCUT2D eigenvalue weighted by Crippen LogP contribution is 2.13. The average Bonchev–Trinajstić information content (AvgIpc) is 2.34. The van der Waals surface area contributed by atoms with Crippen molar-refractivity contribution in [3.05, 3.63) is 29.8 Å². The molecule has 4 nitrogen and oxygen atoms in total. The lowest BCUT2D eigenvalue weighted by Crippen LogP contribution is -2.17. The number of carbonyl (C=O) groups excluding carboxylic acids is 1. The fraction of sp³-hybridized carbons (Fsp3) is 0.417. The van der Waals surface area contributed by atoms with Crippen molar-refractivity contribution in [2.75, 3.05) is 20.2 Å². The molecule has 0 aliphatic carbocycles. The zero-order chi connectivity index (χ0) is 11.8. The lowest BCUT2D eigenvalue weighted by molar-refractivity contribution is -0.120. The van der Waals surface area contributed by atoms with Crippen molar-refractivity contribution in [2.45, 2.75) is 12.8 Å². The van der Waals surface area contributed by atoms with Crippen molar-refractivity contribution in [2.24, 2.45) is 5.73 Å². The predicted octanol–water partition coefficient (Wildman–Crippen LogP) is 0.703. The van der Waals surface area contributed by atoms with Crippen LogP contribution in [0.3, 0.4) is 0 Å². The molecule has 0 radical (unpaired) electrons. The van der Waals surface area contributed by atoms with Gasteiger partial charge in [-0.25, -0.2) is 0 Å². The van der Waals surface area contributed by atoms with Gasteiger partial charge in [-0.1, -0.05) is 12.1 Å². The minimum absolute atomic E-state index is 0.0588. The highest BCUT2D eigenvalue weighted by molar-refractivity contribution is 5.75.